The van der Waals surface area contributed by atoms with Crippen LogP contribution in [0.4, 0.5) is 10.5 Å². The van der Waals surface area contributed by atoms with Gasteiger partial charge in [0.05, 0.1) is 18.3 Å². The quantitative estimate of drug-likeness (QED) is 0.799. The van der Waals surface area contributed by atoms with Crippen molar-refractivity contribution in [2.75, 3.05) is 11.4 Å². The smallest absolute Gasteiger partial charge is 0.329 e. The van der Waals surface area contributed by atoms with Crippen LogP contribution in [-0.2, 0) is 0 Å². The molecule has 1 heterocycles. The lowest BCUT2D eigenvalue weighted by Gasteiger charge is -2.15. The molecule has 0 aliphatic carbocycles. The highest BCUT2D eigenvalue weighted by Gasteiger charge is 2.14. The van der Waals surface area contributed by atoms with E-state index in [2.05, 4.69) is 17.8 Å². The van der Waals surface area contributed by atoms with E-state index in [0.717, 1.165) is 9.69 Å². The molecule has 17 heavy (non-hydrogen) atoms. The van der Waals surface area contributed by atoms with Crippen molar-refractivity contribution in [1.82, 2.24) is 4.98 Å². The molecule has 0 aliphatic heterocycles. The number of carbonyl (C=O) groups is 1. The summed E-state index contributed by atoms with van der Waals surface area (Å²) >= 11 is 4.04. The number of thiol groups is 1. The van der Waals surface area contributed by atoms with E-state index in [0.29, 0.717) is 17.0 Å². The molecule has 2 aromatic rings. The van der Waals surface area contributed by atoms with Gasteiger partial charge in [-0.25, -0.2) is 9.10 Å². The zero-order valence-corrected chi connectivity index (χ0v) is 10.0. The number of urea groups is 1. The highest BCUT2D eigenvalue weighted by Crippen LogP contribution is 2.31. The van der Waals surface area contributed by atoms with E-state index in [9.17, 15) is 4.79 Å². The highest BCUT2D eigenvalue weighted by atomic mass is 32.1. The van der Waals surface area contributed by atoms with Crippen LogP contribution in [0.25, 0.3) is 10.9 Å². The maximum atomic E-state index is 11.1. The van der Waals surface area contributed by atoms with Crippen LogP contribution in [0, 0.1) is 0 Å². The number of amides is 2. The van der Waals surface area contributed by atoms with Gasteiger partial charge in [0.15, 0.2) is 0 Å². The first-order valence-electron chi connectivity index (χ1n) is 4.84. The molecule has 0 saturated heterocycles. The Labute approximate surface area is 104 Å². The molecule has 0 unspecified atom stereocenters. The maximum Gasteiger partial charge on any atom is 0.329 e. The monoisotopic (exact) mass is 249 g/mol. The van der Waals surface area contributed by atoms with Crippen LogP contribution in [0.1, 0.15) is 0 Å². The van der Waals surface area contributed by atoms with Gasteiger partial charge in [-0.3, -0.25) is 4.98 Å². The molecular formula is C11H11N3O2S. The van der Waals surface area contributed by atoms with Crippen LogP contribution in [0.2, 0.25) is 0 Å². The number of rotatable bonds is 2. The van der Waals surface area contributed by atoms with Crippen molar-refractivity contribution in [2.45, 2.75) is 0 Å². The number of fused-ring (bicyclic) bond motifs is 1. The second-order valence-electron chi connectivity index (χ2n) is 3.37. The number of nitrogens with zero attached hydrogens (tertiary/aromatic N) is 2. The van der Waals surface area contributed by atoms with E-state index < -0.39 is 6.03 Å². The van der Waals surface area contributed by atoms with E-state index in [1.54, 1.807) is 25.4 Å². The molecule has 0 aliphatic rings. The number of methoxy groups -OCH3 is 1. The number of hydrogen-bond donors (Lipinski definition) is 2. The zero-order chi connectivity index (χ0) is 12.4. The molecule has 5 nitrogen and oxygen atoms in total. The molecule has 2 N–H and O–H groups in total. The maximum absolute atomic E-state index is 11.1. The van der Waals surface area contributed by atoms with Crippen LogP contribution in [-0.4, -0.2) is 18.1 Å². The summed E-state index contributed by atoms with van der Waals surface area (Å²) in [5.74, 6) is 0.612. The predicted octanol–water partition coefficient (Wildman–Crippen LogP) is 1.97. The lowest BCUT2D eigenvalue weighted by Crippen LogP contribution is -2.27. The van der Waals surface area contributed by atoms with Gasteiger partial charge in [-0.2, -0.15) is 0 Å². The third kappa shape index (κ3) is 2.12. The first kappa shape index (κ1) is 11.5. The second-order valence-corrected chi connectivity index (χ2v) is 3.77. The Bertz CT molecular complexity index is 574. The van der Waals surface area contributed by atoms with E-state index in [-0.39, 0.29) is 0 Å². The second kappa shape index (κ2) is 4.50. The lowest BCUT2D eigenvalue weighted by atomic mass is 10.2. The van der Waals surface area contributed by atoms with E-state index in [1.807, 2.05) is 12.1 Å². The molecule has 6 heteroatoms. The van der Waals surface area contributed by atoms with E-state index in [1.165, 1.54) is 0 Å². The fraction of sp³-hybridized carbons (Fsp3) is 0.0909. The van der Waals surface area contributed by atoms with Crippen LogP contribution >= 0.6 is 12.8 Å². The average molecular weight is 249 g/mol. The predicted molar refractivity (Wildman–Crippen MR) is 69.3 cm³/mol. The number of anilines is 1. The van der Waals surface area contributed by atoms with Crippen molar-refractivity contribution in [3.05, 3.63) is 30.5 Å². The molecule has 0 fully saturated rings. The molecule has 0 saturated carbocycles. The average Bonchev–Trinajstić information content (AvgIpc) is 2.36. The van der Waals surface area contributed by atoms with Gasteiger partial charge < -0.3 is 10.5 Å². The minimum Gasteiger partial charge on any atom is -0.497 e. The van der Waals surface area contributed by atoms with Crippen molar-refractivity contribution < 1.29 is 9.53 Å². The number of primary amides is 1. The van der Waals surface area contributed by atoms with E-state index >= 15 is 0 Å². The van der Waals surface area contributed by atoms with Crippen molar-refractivity contribution in [1.29, 1.82) is 0 Å². The molecule has 88 valence electrons. The number of carbonyl (C=O) groups excluding carboxylic acids is 1. The number of hydrogen-bond acceptors (Lipinski definition) is 4. The fourth-order valence-corrected chi connectivity index (χ4v) is 1.70. The summed E-state index contributed by atoms with van der Waals surface area (Å²) in [5.41, 5.74) is 6.33. The van der Waals surface area contributed by atoms with Crippen LogP contribution in [0.5, 0.6) is 5.75 Å². The SMILES string of the molecule is COc1cc(N(S)C(N)=O)c2ncccc2c1. The molecule has 2 amide bonds. The molecule has 0 bridgehead atoms. The Morgan fingerprint density at radius 2 is 2.29 bits per heavy atom. The Morgan fingerprint density at radius 1 is 1.53 bits per heavy atom. The Hall–Kier alpha value is -1.95. The van der Waals surface area contributed by atoms with Crippen molar-refractivity contribution in [2.24, 2.45) is 5.73 Å². The van der Waals surface area contributed by atoms with Crippen molar-refractivity contribution in [3.8, 4) is 5.75 Å². The van der Waals surface area contributed by atoms with Gasteiger partial charge in [0, 0.05) is 17.6 Å². The third-order valence-corrected chi connectivity index (χ3v) is 2.74. The number of pyridine rings is 1. The molecule has 0 atom stereocenters. The van der Waals surface area contributed by atoms with E-state index in [4.69, 9.17) is 10.5 Å². The Balaban J connectivity index is 2.70. The van der Waals surface area contributed by atoms with Gasteiger partial charge in [0.1, 0.15) is 5.75 Å². The van der Waals surface area contributed by atoms with Crippen LogP contribution in [0.3, 0.4) is 0 Å². The fourth-order valence-electron chi connectivity index (χ4n) is 1.54. The van der Waals surface area contributed by atoms with Crippen LogP contribution < -0.4 is 14.8 Å². The summed E-state index contributed by atoms with van der Waals surface area (Å²) in [5, 5.41) is 0.849. The highest BCUT2D eigenvalue weighted by molar-refractivity contribution is 7.82. The van der Waals surface area contributed by atoms with Crippen molar-refractivity contribution in [3.63, 3.8) is 0 Å². The van der Waals surface area contributed by atoms with Gasteiger partial charge in [-0.15, -0.1) is 0 Å². The Morgan fingerprint density at radius 3 is 2.94 bits per heavy atom. The molecule has 2 rings (SSSR count). The van der Waals surface area contributed by atoms with Gasteiger partial charge >= 0.3 is 6.03 Å². The summed E-state index contributed by atoms with van der Waals surface area (Å²) in [6, 6.07) is 6.49. The summed E-state index contributed by atoms with van der Waals surface area (Å²) in [6.45, 7) is 0. The van der Waals surface area contributed by atoms with Gasteiger partial charge in [0.25, 0.3) is 0 Å². The molecule has 1 aromatic carbocycles. The number of aromatic nitrogens is 1. The first-order valence-corrected chi connectivity index (χ1v) is 5.24. The third-order valence-electron chi connectivity index (χ3n) is 2.33. The Kier molecular flexibility index (Phi) is 3.06. The number of nitrogens with two attached hydrogens (primary N) is 1. The standard InChI is InChI=1S/C11H11N3O2S/c1-16-8-5-7-3-2-4-13-10(7)9(6-8)14(17)11(12)15/h2-6,17H,1H3,(H2,12,15). The number of benzene rings is 1. The summed E-state index contributed by atoms with van der Waals surface area (Å²) < 4.78 is 6.19. The lowest BCUT2D eigenvalue weighted by molar-refractivity contribution is 0.257. The molecule has 0 radical (unpaired) electrons. The number of ether oxygens (including phenoxy) is 1. The zero-order valence-electron chi connectivity index (χ0n) is 9.12. The normalized spacial score (nSPS) is 10.2. The topological polar surface area (TPSA) is 68.5 Å². The minimum absolute atomic E-state index is 0.496. The largest absolute Gasteiger partial charge is 0.497 e. The summed E-state index contributed by atoms with van der Waals surface area (Å²) in [7, 11) is 1.55. The summed E-state index contributed by atoms with van der Waals surface area (Å²) in [4.78, 5) is 15.4. The van der Waals surface area contributed by atoms with Gasteiger partial charge in [0.2, 0.25) is 0 Å². The van der Waals surface area contributed by atoms with Gasteiger partial charge in [-0.1, -0.05) is 18.9 Å². The first-order chi connectivity index (χ1) is 8.13. The van der Waals surface area contributed by atoms with Crippen molar-refractivity contribution >= 4 is 35.4 Å². The molecule has 0 spiro atoms. The summed E-state index contributed by atoms with van der Waals surface area (Å²) in [6.07, 6.45) is 1.64. The minimum atomic E-state index is -0.673. The van der Waals surface area contributed by atoms with Gasteiger partial charge in [-0.05, 0) is 12.1 Å². The molecular weight excluding hydrogens is 238 g/mol. The van der Waals surface area contributed by atoms with Crippen LogP contribution in [0.15, 0.2) is 30.5 Å². The molecule has 1 aromatic heterocycles.